The number of amides is 3. The minimum atomic E-state index is -0.527. The van der Waals surface area contributed by atoms with Crippen molar-refractivity contribution in [2.24, 2.45) is 5.73 Å². The van der Waals surface area contributed by atoms with Gasteiger partial charge in [-0.25, -0.2) is 14.8 Å². The number of nitrogens with two attached hydrogens (primary N) is 1. The van der Waals surface area contributed by atoms with Crippen molar-refractivity contribution in [3.05, 3.63) is 84.8 Å². The maximum atomic E-state index is 12.3. The molecule has 0 unspecified atom stereocenters. The van der Waals surface area contributed by atoms with Gasteiger partial charge in [0.2, 0.25) is 5.91 Å². The molecule has 2 aromatic carbocycles. The molecule has 0 atom stereocenters. The Morgan fingerprint density at radius 1 is 0.882 bits per heavy atom. The summed E-state index contributed by atoms with van der Waals surface area (Å²) in [5, 5.41) is 5.46. The van der Waals surface area contributed by atoms with Crippen LogP contribution in [0.3, 0.4) is 0 Å². The van der Waals surface area contributed by atoms with Gasteiger partial charge in [-0.05, 0) is 67.6 Å². The number of hydrogen-bond acceptors (Lipinski definition) is 6. The van der Waals surface area contributed by atoms with E-state index in [-0.39, 0.29) is 0 Å². The van der Waals surface area contributed by atoms with Gasteiger partial charge >= 0.3 is 6.03 Å². The highest BCUT2D eigenvalue weighted by Gasteiger charge is 2.12. The van der Waals surface area contributed by atoms with Gasteiger partial charge in [-0.1, -0.05) is 0 Å². The molecule has 0 aliphatic carbocycles. The number of hydrogen-bond donors (Lipinski definition) is 3. The molecule has 2 heterocycles. The van der Waals surface area contributed by atoms with Crippen molar-refractivity contribution in [3.8, 4) is 28.4 Å². The van der Waals surface area contributed by atoms with E-state index in [1.165, 1.54) is 0 Å². The fourth-order valence-corrected chi connectivity index (χ4v) is 3.20. The first kappa shape index (κ1) is 22.4. The number of pyridine rings is 1. The number of aromatic nitrogens is 3. The van der Waals surface area contributed by atoms with Crippen LogP contribution in [0.1, 0.15) is 17.3 Å². The van der Waals surface area contributed by atoms with Crippen molar-refractivity contribution in [2.45, 2.75) is 6.92 Å². The molecule has 0 aliphatic rings. The molecule has 0 saturated heterocycles. The number of carbonyl (C=O) groups is 2. The largest absolute Gasteiger partial charge is 0.490 e. The number of rotatable bonds is 7. The van der Waals surface area contributed by atoms with Crippen LogP contribution in [0.5, 0.6) is 5.75 Å². The van der Waals surface area contributed by atoms with E-state index in [9.17, 15) is 9.59 Å². The number of ether oxygens (including phenoxy) is 1. The maximum Gasteiger partial charge on any atom is 0.323 e. The number of primary amides is 1. The second-order valence-corrected chi connectivity index (χ2v) is 7.17. The average molecular weight is 454 g/mol. The first-order valence-electron chi connectivity index (χ1n) is 10.5. The third kappa shape index (κ3) is 5.33. The minimum Gasteiger partial charge on any atom is -0.490 e. The quantitative estimate of drug-likeness (QED) is 0.380. The van der Waals surface area contributed by atoms with Gasteiger partial charge in [0, 0.05) is 40.5 Å². The van der Waals surface area contributed by atoms with Crippen LogP contribution in [0.25, 0.3) is 22.6 Å². The van der Waals surface area contributed by atoms with Gasteiger partial charge in [-0.2, -0.15) is 0 Å². The van der Waals surface area contributed by atoms with Crippen LogP contribution in [0.4, 0.5) is 16.2 Å². The molecule has 0 spiro atoms. The molecule has 170 valence electrons. The minimum absolute atomic E-state index is 0.366. The monoisotopic (exact) mass is 454 g/mol. The van der Waals surface area contributed by atoms with Crippen LogP contribution in [-0.4, -0.2) is 33.5 Å². The number of nitrogens with one attached hydrogen (secondary N) is 2. The lowest BCUT2D eigenvalue weighted by molar-refractivity contribution is 0.100. The van der Waals surface area contributed by atoms with Crippen molar-refractivity contribution < 1.29 is 14.3 Å². The molecular formula is C25H22N6O3. The molecule has 0 radical (unpaired) electrons. The summed E-state index contributed by atoms with van der Waals surface area (Å²) < 4.78 is 5.69. The van der Waals surface area contributed by atoms with Gasteiger partial charge in [-0.3, -0.25) is 9.78 Å². The summed E-state index contributed by atoms with van der Waals surface area (Å²) in [4.78, 5) is 36.6. The first-order chi connectivity index (χ1) is 16.5. The third-order valence-electron chi connectivity index (χ3n) is 4.84. The van der Waals surface area contributed by atoms with E-state index in [0.29, 0.717) is 40.8 Å². The number of benzene rings is 2. The van der Waals surface area contributed by atoms with E-state index in [1.807, 2.05) is 31.2 Å². The van der Waals surface area contributed by atoms with Gasteiger partial charge in [0.1, 0.15) is 5.69 Å². The number of urea groups is 1. The van der Waals surface area contributed by atoms with Crippen molar-refractivity contribution in [1.29, 1.82) is 0 Å². The summed E-state index contributed by atoms with van der Waals surface area (Å²) in [6.45, 7) is 2.40. The molecule has 0 saturated carbocycles. The van der Waals surface area contributed by atoms with Crippen LogP contribution in [0, 0.1) is 0 Å². The second kappa shape index (κ2) is 10.2. The Labute approximate surface area is 196 Å². The predicted molar refractivity (Wildman–Crippen MR) is 129 cm³/mol. The Bertz CT molecular complexity index is 1290. The van der Waals surface area contributed by atoms with Gasteiger partial charge in [-0.15, -0.1) is 0 Å². The summed E-state index contributed by atoms with van der Waals surface area (Å²) in [7, 11) is 0. The molecule has 9 nitrogen and oxygen atoms in total. The predicted octanol–water partition coefficient (Wildman–Crippen LogP) is 4.35. The highest BCUT2D eigenvalue weighted by atomic mass is 16.5. The van der Waals surface area contributed by atoms with E-state index in [0.717, 1.165) is 11.1 Å². The normalized spacial score (nSPS) is 10.4. The summed E-state index contributed by atoms with van der Waals surface area (Å²) >= 11 is 0. The lowest BCUT2D eigenvalue weighted by atomic mass is 10.1. The zero-order valence-corrected chi connectivity index (χ0v) is 18.4. The highest BCUT2D eigenvalue weighted by Crippen LogP contribution is 2.29. The van der Waals surface area contributed by atoms with Crippen LogP contribution in [-0.2, 0) is 0 Å². The van der Waals surface area contributed by atoms with E-state index >= 15 is 0 Å². The highest BCUT2D eigenvalue weighted by molar-refractivity contribution is 6.00. The summed E-state index contributed by atoms with van der Waals surface area (Å²) in [5.74, 6) is 0.595. The van der Waals surface area contributed by atoms with E-state index in [1.54, 1.807) is 55.0 Å². The molecule has 0 fully saturated rings. The smallest absolute Gasteiger partial charge is 0.323 e. The molecule has 0 bridgehead atoms. The number of anilines is 2. The van der Waals surface area contributed by atoms with E-state index in [2.05, 4.69) is 20.6 Å². The van der Waals surface area contributed by atoms with Crippen LogP contribution in [0.15, 0.2) is 79.3 Å². The Kier molecular flexibility index (Phi) is 6.73. The average Bonchev–Trinajstić information content (AvgIpc) is 2.86. The van der Waals surface area contributed by atoms with E-state index in [4.69, 9.17) is 15.5 Å². The lowest BCUT2D eigenvalue weighted by Crippen LogP contribution is -2.19. The lowest BCUT2D eigenvalue weighted by Gasteiger charge is -2.11. The van der Waals surface area contributed by atoms with Gasteiger partial charge in [0.25, 0.3) is 0 Å². The zero-order valence-electron chi connectivity index (χ0n) is 18.4. The summed E-state index contributed by atoms with van der Waals surface area (Å²) in [6.07, 6.45) is 5.06. The molecule has 9 heteroatoms. The van der Waals surface area contributed by atoms with Gasteiger partial charge in [0.05, 0.1) is 12.8 Å². The molecular weight excluding hydrogens is 432 g/mol. The molecule has 4 N–H and O–H groups in total. The van der Waals surface area contributed by atoms with Crippen molar-refractivity contribution >= 4 is 23.3 Å². The molecule has 2 aromatic heterocycles. The van der Waals surface area contributed by atoms with Gasteiger partial charge in [0.15, 0.2) is 11.6 Å². The van der Waals surface area contributed by atoms with Crippen molar-refractivity contribution in [1.82, 2.24) is 15.0 Å². The fourth-order valence-electron chi connectivity index (χ4n) is 3.20. The SMILES string of the molecule is CCOc1cnc(-c2ccc(NC(=O)Nc3ccc(C(N)=O)cc3)cc2)nc1-c1ccncc1. The van der Waals surface area contributed by atoms with Crippen LogP contribution >= 0.6 is 0 Å². The maximum absolute atomic E-state index is 12.3. The fraction of sp³-hybridized carbons (Fsp3) is 0.0800. The molecule has 34 heavy (non-hydrogen) atoms. The molecule has 3 amide bonds. The van der Waals surface area contributed by atoms with Crippen molar-refractivity contribution in [2.75, 3.05) is 17.2 Å². The zero-order chi connectivity index (χ0) is 23.9. The standard InChI is InChI=1S/C25H22N6O3/c1-2-34-21-15-28-24(31-22(21)16-11-13-27-14-12-16)18-5-9-20(10-6-18)30-25(33)29-19-7-3-17(4-8-19)23(26)32/h3-15H,2H2,1H3,(H2,26,32)(H2,29,30,33). The topological polar surface area (TPSA) is 132 Å². The van der Waals surface area contributed by atoms with Crippen LogP contribution < -0.4 is 21.1 Å². The Balaban J connectivity index is 1.48. The second-order valence-electron chi connectivity index (χ2n) is 7.17. The third-order valence-corrected chi connectivity index (χ3v) is 4.84. The number of nitrogens with zero attached hydrogens (tertiary/aromatic N) is 3. The molecule has 0 aliphatic heterocycles. The Hall–Kier alpha value is -4.79. The Morgan fingerprint density at radius 2 is 1.50 bits per heavy atom. The molecule has 4 aromatic rings. The summed E-state index contributed by atoms with van der Waals surface area (Å²) in [6, 6.07) is 16.8. The van der Waals surface area contributed by atoms with Gasteiger partial charge < -0.3 is 21.1 Å². The summed E-state index contributed by atoms with van der Waals surface area (Å²) in [5.41, 5.74) is 9.05. The van der Waals surface area contributed by atoms with Crippen LogP contribution in [0.2, 0.25) is 0 Å². The molecule has 4 rings (SSSR count). The van der Waals surface area contributed by atoms with E-state index < -0.39 is 11.9 Å². The number of carbonyl (C=O) groups excluding carboxylic acids is 2. The first-order valence-corrected chi connectivity index (χ1v) is 10.5. The van der Waals surface area contributed by atoms with Crippen molar-refractivity contribution in [3.63, 3.8) is 0 Å². The Morgan fingerprint density at radius 3 is 2.09 bits per heavy atom.